The summed E-state index contributed by atoms with van der Waals surface area (Å²) in [6.45, 7) is 4.42. The van der Waals surface area contributed by atoms with E-state index in [9.17, 15) is 19.5 Å². The number of carboxylic acid groups (broad SMARTS) is 1. The maximum atomic E-state index is 12.1. The number of H-pyrrole nitrogens is 1. The molecule has 6 N–H and O–H groups in total. The summed E-state index contributed by atoms with van der Waals surface area (Å²) in [5.41, 5.74) is 9.94. The van der Waals surface area contributed by atoms with E-state index in [0.717, 1.165) is 16.6 Å². The third-order valence-corrected chi connectivity index (χ3v) is 8.07. The number of nitrogens with two attached hydrogens (primary N) is 1. The monoisotopic (exact) mass is 729 g/mol. The highest BCUT2D eigenvalue weighted by molar-refractivity contribution is 6.45. The van der Waals surface area contributed by atoms with Gasteiger partial charge in [-0.3, -0.25) is 19.4 Å². The van der Waals surface area contributed by atoms with Crippen LogP contribution >= 0.6 is 23.2 Å². The zero-order valence-electron chi connectivity index (χ0n) is 27.3. The van der Waals surface area contributed by atoms with Gasteiger partial charge < -0.3 is 54.8 Å². The predicted molar refractivity (Wildman–Crippen MR) is 184 cm³/mol. The fourth-order valence-electron chi connectivity index (χ4n) is 4.83. The summed E-state index contributed by atoms with van der Waals surface area (Å²) in [5.74, 6) is -1.40. The number of carboxylic acids is 1. The number of amides is 2. The molecule has 1 aromatic carbocycles. The lowest BCUT2D eigenvalue weighted by Crippen LogP contribution is -2.37. The Labute approximate surface area is 294 Å². The molecule has 0 spiro atoms. The quantitative estimate of drug-likeness (QED) is 0.0778. The summed E-state index contributed by atoms with van der Waals surface area (Å²) in [7, 11) is 0. The molecule has 0 radical (unpaired) electrons. The van der Waals surface area contributed by atoms with E-state index < -0.39 is 12.6 Å². The highest BCUT2D eigenvalue weighted by Crippen LogP contribution is 2.39. The van der Waals surface area contributed by atoms with Crippen LogP contribution in [0, 0.1) is 0 Å². The van der Waals surface area contributed by atoms with Crippen molar-refractivity contribution in [1.29, 1.82) is 0 Å². The number of ether oxygens (including phenoxy) is 5. The molecule has 0 saturated heterocycles. The predicted octanol–water partition coefficient (Wildman–Crippen LogP) is 1.79. The van der Waals surface area contributed by atoms with Crippen LogP contribution in [-0.4, -0.2) is 136 Å². The molecule has 2 amide bonds. The average molecular weight is 731 g/mol. The highest BCUT2D eigenvalue weighted by Gasteiger charge is 2.27. The van der Waals surface area contributed by atoms with Crippen LogP contribution in [0.1, 0.15) is 29.7 Å². The van der Waals surface area contributed by atoms with Crippen molar-refractivity contribution >= 4 is 63.8 Å². The van der Waals surface area contributed by atoms with Gasteiger partial charge in [-0.15, -0.1) is 0 Å². The molecule has 3 rings (SSSR count). The number of rotatable bonds is 24. The third kappa shape index (κ3) is 13.9. The van der Waals surface area contributed by atoms with Crippen LogP contribution < -0.4 is 11.1 Å². The van der Waals surface area contributed by atoms with Crippen molar-refractivity contribution in [3.63, 3.8) is 0 Å². The molecule has 0 atom stereocenters. The van der Waals surface area contributed by atoms with Gasteiger partial charge in [0.15, 0.2) is 0 Å². The molecule has 2 aromatic rings. The van der Waals surface area contributed by atoms with Gasteiger partial charge in [0, 0.05) is 66.6 Å². The van der Waals surface area contributed by atoms with Gasteiger partial charge in [0.1, 0.15) is 6.61 Å². The van der Waals surface area contributed by atoms with Crippen LogP contribution in [0.2, 0.25) is 10.0 Å². The summed E-state index contributed by atoms with van der Waals surface area (Å²) < 4.78 is 26.7. The maximum Gasteiger partial charge on any atom is 0.305 e. The van der Waals surface area contributed by atoms with E-state index >= 15 is 0 Å². The van der Waals surface area contributed by atoms with Gasteiger partial charge >= 0.3 is 5.97 Å². The number of carbonyl (C=O) groups excluding carboxylic acids is 2. The molecule has 1 aliphatic rings. The molecular formula is C32H45Cl2N5O10. The number of hydrogen-bond acceptors (Lipinski definition) is 11. The number of nitrogens with one attached hydrogen (secondary N) is 2. The molecule has 1 aromatic heterocycles. The molecule has 17 heteroatoms. The second-order valence-electron chi connectivity index (χ2n) is 10.8. The number of aromatic nitrogens is 1. The number of hydrogen-bond donors (Lipinski definition) is 5. The number of aliphatic imine (C=N–C) groups is 1. The summed E-state index contributed by atoms with van der Waals surface area (Å²) in [6.07, 6.45) is 3.96. The van der Waals surface area contributed by atoms with Crippen molar-refractivity contribution in [2.24, 2.45) is 10.7 Å². The molecule has 2 heterocycles. The second kappa shape index (κ2) is 22.4. The Hall–Kier alpha value is -3.28. The van der Waals surface area contributed by atoms with E-state index in [-0.39, 0.29) is 37.9 Å². The summed E-state index contributed by atoms with van der Waals surface area (Å²) >= 11 is 12.9. The second-order valence-corrected chi connectivity index (χ2v) is 11.5. The fraction of sp³-hybridized carbons (Fsp3) is 0.562. The number of aromatic amines is 1. The van der Waals surface area contributed by atoms with Crippen molar-refractivity contribution in [3.8, 4) is 0 Å². The average Bonchev–Trinajstić information content (AvgIpc) is 3.47. The fourth-order valence-corrected chi connectivity index (χ4v) is 5.23. The molecule has 0 bridgehead atoms. The van der Waals surface area contributed by atoms with Gasteiger partial charge in [0.05, 0.1) is 94.6 Å². The number of carbonyl (C=O) groups is 3. The lowest BCUT2D eigenvalue weighted by Gasteiger charge is -2.27. The Bertz CT molecular complexity index is 1430. The molecule has 0 saturated carbocycles. The van der Waals surface area contributed by atoms with Gasteiger partial charge in [-0.1, -0.05) is 23.2 Å². The lowest BCUT2D eigenvalue weighted by molar-refractivity contribution is -0.138. The van der Waals surface area contributed by atoms with Crippen molar-refractivity contribution in [2.75, 3.05) is 92.3 Å². The number of benzene rings is 1. The first-order chi connectivity index (χ1) is 23.7. The minimum Gasteiger partial charge on any atom is -0.481 e. The Morgan fingerprint density at radius 1 is 0.959 bits per heavy atom. The molecule has 0 fully saturated rings. The topological polar surface area (TPSA) is 207 Å². The molecule has 15 nitrogen and oxygen atoms in total. The lowest BCUT2D eigenvalue weighted by atomic mass is 9.99. The van der Waals surface area contributed by atoms with Crippen LogP contribution in [0.5, 0.6) is 0 Å². The summed E-state index contributed by atoms with van der Waals surface area (Å²) in [4.78, 5) is 43.8. The van der Waals surface area contributed by atoms with E-state index in [2.05, 4.69) is 15.3 Å². The Morgan fingerprint density at radius 2 is 1.55 bits per heavy atom. The van der Waals surface area contributed by atoms with Crippen LogP contribution in [0.25, 0.3) is 16.6 Å². The maximum absolute atomic E-state index is 12.1. The van der Waals surface area contributed by atoms with Crippen LogP contribution in [0.15, 0.2) is 17.1 Å². The van der Waals surface area contributed by atoms with E-state index in [1.165, 1.54) is 0 Å². The minimum absolute atomic E-state index is 0.0250. The minimum atomic E-state index is -0.893. The zero-order chi connectivity index (χ0) is 35.4. The SMILES string of the molecule is N/C(=C\C=NCCNC(=O)CCOCCOCCOCCOCCOCCC(=O)O)c1cc(Cl)c(Cl)c2[nH]c3c(c12)CN(C(=O)CO)CC3. The Kier molecular flexibility index (Phi) is 18.4. The molecule has 49 heavy (non-hydrogen) atoms. The number of halogens is 2. The standard InChI is InChI=1S/C32H45Cl2N5O10/c33-24-19-22(30-23-20-39(28(42)21-40)8-2-26(23)38-32(30)31(24)34)25(35)1-5-36-6-7-37-27(41)3-9-45-11-13-47-15-17-49-18-16-48-14-12-46-10-4-29(43)44/h1,5,19,38,40H,2-4,6-18,20-21,35H2,(H,37,41)(H,43,44)/b25-1-,36-5?. The molecule has 1 aliphatic heterocycles. The molecule has 0 unspecified atom stereocenters. The first kappa shape index (κ1) is 40.2. The normalized spacial score (nSPS) is 13.4. The summed E-state index contributed by atoms with van der Waals surface area (Å²) in [6, 6.07) is 1.69. The first-order valence-electron chi connectivity index (χ1n) is 16.0. The number of aliphatic hydroxyl groups is 1. The third-order valence-electron chi connectivity index (χ3n) is 7.29. The zero-order valence-corrected chi connectivity index (χ0v) is 28.9. The molecule has 0 aliphatic carbocycles. The van der Waals surface area contributed by atoms with Crippen molar-refractivity contribution in [1.82, 2.24) is 15.2 Å². The van der Waals surface area contributed by atoms with Crippen molar-refractivity contribution in [3.05, 3.63) is 39.0 Å². The van der Waals surface area contributed by atoms with Gasteiger partial charge in [0.25, 0.3) is 0 Å². The smallest absolute Gasteiger partial charge is 0.305 e. The highest BCUT2D eigenvalue weighted by atomic mass is 35.5. The Morgan fingerprint density at radius 3 is 2.14 bits per heavy atom. The van der Waals surface area contributed by atoms with E-state index in [0.29, 0.717) is 112 Å². The number of aliphatic carboxylic acids is 1. The van der Waals surface area contributed by atoms with E-state index in [1.54, 1.807) is 23.3 Å². The van der Waals surface area contributed by atoms with E-state index in [1.807, 2.05) is 0 Å². The van der Waals surface area contributed by atoms with Gasteiger partial charge in [-0.2, -0.15) is 0 Å². The number of allylic oxidation sites excluding steroid dienone is 1. The number of fused-ring (bicyclic) bond motifs is 3. The largest absolute Gasteiger partial charge is 0.481 e. The van der Waals surface area contributed by atoms with Crippen LogP contribution in [-0.2, 0) is 51.0 Å². The van der Waals surface area contributed by atoms with Gasteiger partial charge in [-0.25, -0.2) is 0 Å². The summed E-state index contributed by atoms with van der Waals surface area (Å²) in [5, 5.41) is 22.1. The number of aliphatic hydroxyl groups excluding tert-OH is 1. The van der Waals surface area contributed by atoms with Crippen LogP contribution in [0.3, 0.4) is 0 Å². The van der Waals surface area contributed by atoms with Gasteiger partial charge in [-0.05, 0) is 12.1 Å². The first-order valence-corrected chi connectivity index (χ1v) is 16.7. The Balaban J connectivity index is 1.25. The van der Waals surface area contributed by atoms with Crippen LogP contribution in [0.4, 0.5) is 0 Å². The number of nitrogens with zero attached hydrogens (tertiary/aromatic N) is 2. The van der Waals surface area contributed by atoms with Gasteiger partial charge in [0.2, 0.25) is 11.8 Å². The molecular weight excluding hydrogens is 685 g/mol. The van der Waals surface area contributed by atoms with Crippen molar-refractivity contribution < 1.29 is 48.3 Å². The van der Waals surface area contributed by atoms with E-state index in [4.69, 9.17) is 57.7 Å². The van der Waals surface area contributed by atoms with Crippen molar-refractivity contribution in [2.45, 2.75) is 25.8 Å². The molecule has 272 valence electrons.